The number of hydrogen-bond acceptors (Lipinski definition) is 5. The summed E-state index contributed by atoms with van der Waals surface area (Å²) in [5, 5.41) is 5.44. The number of carbonyl (C=O) groups excluding carboxylic acids is 2. The first-order valence-electron chi connectivity index (χ1n) is 7.60. The molecular weight excluding hydrogens is 328 g/mol. The van der Waals surface area contributed by atoms with Gasteiger partial charge >= 0.3 is 5.97 Å². The highest BCUT2D eigenvalue weighted by molar-refractivity contribution is 7.80. The summed E-state index contributed by atoms with van der Waals surface area (Å²) in [4.78, 5) is 22.7. The Morgan fingerprint density at radius 3 is 2.46 bits per heavy atom. The van der Waals surface area contributed by atoms with Crippen LogP contribution in [0.25, 0.3) is 0 Å². The molecule has 0 aromatic heterocycles. The fourth-order valence-corrected chi connectivity index (χ4v) is 1.77. The molecule has 0 saturated carbocycles. The van der Waals surface area contributed by atoms with Crippen LogP contribution >= 0.6 is 12.2 Å². The Kier molecular flexibility index (Phi) is 8.49. The average molecular weight is 350 g/mol. The van der Waals surface area contributed by atoms with E-state index in [9.17, 15) is 9.59 Å². The molecular formula is C17H22N2O4S. The van der Waals surface area contributed by atoms with Gasteiger partial charge in [0, 0.05) is 17.8 Å². The van der Waals surface area contributed by atoms with E-state index in [0.29, 0.717) is 18.2 Å². The van der Waals surface area contributed by atoms with Gasteiger partial charge in [0.1, 0.15) is 5.75 Å². The van der Waals surface area contributed by atoms with E-state index >= 15 is 0 Å². The first kappa shape index (κ1) is 19.6. The molecule has 0 aliphatic heterocycles. The fraction of sp³-hybridized carbons (Fsp3) is 0.353. The molecule has 0 heterocycles. The van der Waals surface area contributed by atoms with E-state index in [-0.39, 0.29) is 11.7 Å². The Morgan fingerprint density at radius 2 is 1.88 bits per heavy atom. The molecule has 1 aromatic rings. The molecule has 0 saturated heterocycles. The highest BCUT2D eigenvalue weighted by atomic mass is 32.1. The van der Waals surface area contributed by atoms with Crippen LogP contribution in [0.15, 0.2) is 36.4 Å². The lowest BCUT2D eigenvalue weighted by atomic mass is 10.2. The maximum absolute atomic E-state index is 11.6. The van der Waals surface area contributed by atoms with Gasteiger partial charge in [0.2, 0.25) is 5.91 Å². The van der Waals surface area contributed by atoms with Crippen molar-refractivity contribution in [3.05, 3.63) is 36.4 Å². The Labute approximate surface area is 147 Å². The minimum absolute atomic E-state index is 0.129. The van der Waals surface area contributed by atoms with E-state index in [1.54, 1.807) is 19.1 Å². The number of hydrogen-bond donors (Lipinski definition) is 2. The molecule has 1 amide bonds. The molecule has 1 rings (SSSR count). The van der Waals surface area contributed by atoms with Gasteiger partial charge in [-0.25, -0.2) is 4.79 Å². The topological polar surface area (TPSA) is 76.7 Å². The molecule has 0 radical (unpaired) electrons. The number of thiocarbonyl (C=S) groups is 1. The van der Waals surface area contributed by atoms with E-state index in [1.165, 1.54) is 0 Å². The van der Waals surface area contributed by atoms with Crippen molar-refractivity contribution in [3.8, 4) is 5.75 Å². The number of amides is 1. The molecule has 0 atom stereocenters. The molecule has 24 heavy (non-hydrogen) atoms. The van der Waals surface area contributed by atoms with Crippen LogP contribution in [0.4, 0.5) is 5.69 Å². The molecule has 6 nitrogen and oxygen atoms in total. The van der Waals surface area contributed by atoms with Gasteiger partial charge in [0.15, 0.2) is 5.11 Å². The Hall–Kier alpha value is -2.41. The van der Waals surface area contributed by atoms with Crippen LogP contribution in [0.1, 0.15) is 20.8 Å². The SMILES string of the molecule is CCOC(=O)C=CC(=O)NC(=S)Nc1ccc(OCC(C)C)cc1. The molecule has 2 N–H and O–H groups in total. The van der Waals surface area contributed by atoms with Crippen molar-refractivity contribution in [2.45, 2.75) is 20.8 Å². The van der Waals surface area contributed by atoms with Crippen LogP contribution in [0.2, 0.25) is 0 Å². The Balaban J connectivity index is 2.44. The number of esters is 1. The fourth-order valence-electron chi connectivity index (χ4n) is 1.55. The van der Waals surface area contributed by atoms with Crippen LogP contribution < -0.4 is 15.4 Å². The number of nitrogens with one attached hydrogen (secondary N) is 2. The molecule has 0 aliphatic rings. The van der Waals surface area contributed by atoms with Crippen LogP contribution in [0.5, 0.6) is 5.75 Å². The monoisotopic (exact) mass is 350 g/mol. The van der Waals surface area contributed by atoms with Gasteiger partial charge in [-0.3, -0.25) is 10.1 Å². The first-order valence-corrected chi connectivity index (χ1v) is 8.01. The lowest BCUT2D eigenvalue weighted by molar-refractivity contribution is -0.137. The summed E-state index contributed by atoms with van der Waals surface area (Å²) in [5.41, 5.74) is 0.714. The van der Waals surface area contributed by atoms with Crippen molar-refractivity contribution in [3.63, 3.8) is 0 Å². The molecule has 0 aliphatic carbocycles. The summed E-state index contributed by atoms with van der Waals surface area (Å²) in [6, 6.07) is 7.22. The van der Waals surface area contributed by atoms with Gasteiger partial charge in [0.05, 0.1) is 13.2 Å². The largest absolute Gasteiger partial charge is 0.493 e. The van der Waals surface area contributed by atoms with Crippen molar-refractivity contribution >= 4 is 34.9 Å². The minimum Gasteiger partial charge on any atom is -0.493 e. The van der Waals surface area contributed by atoms with Crippen molar-refractivity contribution < 1.29 is 19.1 Å². The predicted molar refractivity (Wildman–Crippen MR) is 96.9 cm³/mol. The van der Waals surface area contributed by atoms with Gasteiger partial charge in [-0.1, -0.05) is 13.8 Å². The Morgan fingerprint density at radius 1 is 1.21 bits per heavy atom. The molecule has 0 bridgehead atoms. The number of carbonyl (C=O) groups is 2. The summed E-state index contributed by atoms with van der Waals surface area (Å²) in [6.07, 6.45) is 2.11. The highest BCUT2D eigenvalue weighted by Gasteiger charge is 2.04. The summed E-state index contributed by atoms with van der Waals surface area (Å²) in [7, 11) is 0. The third kappa shape index (κ3) is 8.28. The zero-order valence-electron chi connectivity index (χ0n) is 14.0. The van der Waals surface area contributed by atoms with Gasteiger partial charge in [-0.05, 0) is 49.3 Å². The number of ether oxygens (including phenoxy) is 2. The lowest BCUT2D eigenvalue weighted by Gasteiger charge is -2.11. The van der Waals surface area contributed by atoms with Gasteiger partial charge in [-0.15, -0.1) is 0 Å². The smallest absolute Gasteiger partial charge is 0.330 e. The average Bonchev–Trinajstić information content (AvgIpc) is 2.52. The van der Waals surface area contributed by atoms with E-state index in [1.807, 2.05) is 12.1 Å². The van der Waals surface area contributed by atoms with Crippen molar-refractivity contribution in [1.82, 2.24) is 5.32 Å². The van der Waals surface area contributed by atoms with E-state index < -0.39 is 11.9 Å². The second kappa shape index (κ2) is 10.4. The second-order valence-electron chi connectivity index (χ2n) is 5.26. The predicted octanol–water partition coefficient (Wildman–Crippen LogP) is 2.65. The van der Waals surface area contributed by atoms with Gasteiger partial charge in [-0.2, -0.15) is 0 Å². The van der Waals surface area contributed by atoms with E-state index in [0.717, 1.165) is 17.9 Å². The normalized spacial score (nSPS) is 10.5. The standard InChI is InChI=1S/C17H22N2O4S/c1-4-22-16(21)10-9-15(20)19-17(24)18-13-5-7-14(8-6-13)23-11-12(2)3/h5-10,12H,4,11H2,1-3H3,(H2,18,19,20,24). The van der Waals surface area contributed by atoms with E-state index in [4.69, 9.17) is 17.0 Å². The number of anilines is 1. The Bertz CT molecular complexity index is 597. The van der Waals surface area contributed by atoms with Gasteiger partial charge < -0.3 is 14.8 Å². The van der Waals surface area contributed by atoms with Crippen LogP contribution in [-0.4, -0.2) is 30.2 Å². The summed E-state index contributed by atoms with van der Waals surface area (Å²) in [5.74, 6) is 0.121. The van der Waals surface area contributed by atoms with Crippen LogP contribution in [0, 0.1) is 5.92 Å². The van der Waals surface area contributed by atoms with E-state index in [2.05, 4.69) is 29.2 Å². The first-order chi connectivity index (χ1) is 11.4. The maximum atomic E-state index is 11.6. The van der Waals surface area contributed by atoms with Crippen molar-refractivity contribution in [2.75, 3.05) is 18.5 Å². The summed E-state index contributed by atoms with van der Waals surface area (Å²) < 4.78 is 10.3. The number of rotatable bonds is 7. The van der Waals surface area contributed by atoms with Crippen LogP contribution in [0.3, 0.4) is 0 Å². The van der Waals surface area contributed by atoms with Crippen molar-refractivity contribution in [2.24, 2.45) is 5.92 Å². The third-order valence-electron chi connectivity index (χ3n) is 2.59. The molecule has 0 spiro atoms. The molecule has 1 aromatic carbocycles. The molecule has 7 heteroatoms. The van der Waals surface area contributed by atoms with Gasteiger partial charge in [0.25, 0.3) is 0 Å². The summed E-state index contributed by atoms with van der Waals surface area (Å²) >= 11 is 5.04. The van der Waals surface area contributed by atoms with Crippen molar-refractivity contribution in [1.29, 1.82) is 0 Å². The third-order valence-corrected chi connectivity index (χ3v) is 2.79. The summed E-state index contributed by atoms with van der Waals surface area (Å²) in [6.45, 7) is 6.74. The lowest BCUT2D eigenvalue weighted by Crippen LogP contribution is -2.32. The molecule has 0 unspecified atom stereocenters. The quantitative estimate of drug-likeness (QED) is 0.447. The maximum Gasteiger partial charge on any atom is 0.330 e. The zero-order valence-corrected chi connectivity index (χ0v) is 14.8. The zero-order chi connectivity index (χ0) is 17.9. The number of benzene rings is 1. The van der Waals surface area contributed by atoms with Crippen LogP contribution in [-0.2, 0) is 14.3 Å². The minimum atomic E-state index is -0.580. The molecule has 130 valence electrons. The highest BCUT2D eigenvalue weighted by Crippen LogP contribution is 2.16. The molecule has 0 fully saturated rings. The second-order valence-corrected chi connectivity index (χ2v) is 5.67.